The number of carbonyl (C=O) groups is 2. The van der Waals surface area contributed by atoms with Crippen LogP contribution in [0.25, 0.3) is 0 Å². The van der Waals surface area contributed by atoms with Crippen LogP contribution >= 0.6 is 11.6 Å². The number of nitrogens with zero attached hydrogens (tertiary/aromatic N) is 1. The highest BCUT2D eigenvalue weighted by Crippen LogP contribution is 2.27. The Morgan fingerprint density at radius 1 is 1.20 bits per heavy atom. The van der Waals surface area contributed by atoms with Crippen molar-refractivity contribution in [3.63, 3.8) is 0 Å². The number of hydrogen-bond donors (Lipinski definition) is 1. The van der Waals surface area contributed by atoms with E-state index in [4.69, 9.17) is 11.6 Å². The van der Waals surface area contributed by atoms with Gasteiger partial charge in [0, 0.05) is 36.6 Å². The molecule has 0 saturated heterocycles. The van der Waals surface area contributed by atoms with Gasteiger partial charge in [0.1, 0.15) is 0 Å². The Morgan fingerprint density at radius 2 is 1.92 bits per heavy atom. The van der Waals surface area contributed by atoms with Crippen molar-refractivity contribution in [3.05, 3.63) is 64.7 Å². The Hall–Kier alpha value is -2.33. The second kappa shape index (κ2) is 7.70. The standard InChI is InChI=1S/C20H21ClN2O2/c1-23(13-16-7-2-4-8-17(16)21)19(24)11-10-15-12-14-6-3-5-9-18(14)22-20(15)25/h2-9,15H,10-13H2,1H3,(H,22,25). The van der Waals surface area contributed by atoms with E-state index in [1.807, 2.05) is 48.5 Å². The lowest BCUT2D eigenvalue weighted by Gasteiger charge is -2.25. The lowest BCUT2D eigenvalue weighted by Crippen LogP contribution is -2.32. The Kier molecular flexibility index (Phi) is 5.39. The van der Waals surface area contributed by atoms with E-state index in [2.05, 4.69) is 5.32 Å². The molecule has 1 aliphatic heterocycles. The zero-order valence-electron chi connectivity index (χ0n) is 14.2. The number of rotatable bonds is 5. The average Bonchev–Trinajstić information content (AvgIpc) is 2.61. The van der Waals surface area contributed by atoms with E-state index in [1.165, 1.54) is 0 Å². The fraction of sp³-hybridized carbons (Fsp3) is 0.300. The summed E-state index contributed by atoms with van der Waals surface area (Å²) >= 11 is 6.15. The molecular formula is C20H21ClN2O2. The highest BCUT2D eigenvalue weighted by atomic mass is 35.5. The molecule has 2 aromatic carbocycles. The molecule has 1 unspecified atom stereocenters. The van der Waals surface area contributed by atoms with Crippen molar-refractivity contribution < 1.29 is 9.59 Å². The predicted octanol–water partition coefficient (Wildman–Crippen LogP) is 3.89. The maximum Gasteiger partial charge on any atom is 0.227 e. The van der Waals surface area contributed by atoms with Gasteiger partial charge in [0.25, 0.3) is 0 Å². The molecule has 0 fully saturated rings. The van der Waals surface area contributed by atoms with Crippen LogP contribution in [0.5, 0.6) is 0 Å². The minimum atomic E-state index is -0.160. The van der Waals surface area contributed by atoms with Crippen LogP contribution in [0.2, 0.25) is 5.02 Å². The predicted molar refractivity (Wildman–Crippen MR) is 99.4 cm³/mol. The van der Waals surface area contributed by atoms with Crippen LogP contribution < -0.4 is 5.32 Å². The maximum atomic E-state index is 12.4. The third-order valence-electron chi connectivity index (χ3n) is 4.61. The Balaban J connectivity index is 1.55. The first-order chi connectivity index (χ1) is 12.0. The minimum Gasteiger partial charge on any atom is -0.341 e. The SMILES string of the molecule is CN(Cc1ccccc1Cl)C(=O)CCC1Cc2ccccc2NC1=O. The van der Waals surface area contributed by atoms with E-state index in [-0.39, 0.29) is 17.7 Å². The van der Waals surface area contributed by atoms with Crippen molar-refractivity contribution in [2.75, 3.05) is 12.4 Å². The summed E-state index contributed by atoms with van der Waals surface area (Å²) in [4.78, 5) is 26.3. The van der Waals surface area contributed by atoms with Crippen LogP contribution in [-0.4, -0.2) is 23.8 Å². The number of hydrogen-bond acceptors (Lipinski definition) is 2. The topological polar surface area (TPSA) is 49.4 Å². The maximum absolute atomic E-state index is 12.4. The van der Waals surface area contributed by atoms with Crippen LogP contribution in [0.3, 0.4) is 0 Å². The van der Waals surface area contributed by atoms with Crippen molar-refractivity contribution in [3.8, 4) is 0 Å². The normalized spacial score (nSPS) is 16.1. The third-order valence-corrected chi connectivity index (χ3v) is 4.98. The molecule has 4 nitrogen and oxygen atoms in total. The molecule has 0 spiro atoms. The molecule has 0 radical (unpaired) electrons. The molecular weight excluding hydrogens is 336 g/mol. The van der Waals surface area contributed by atoms with Gasteiger partial charge in [-0.1, -0.05) is 48.0 Å². The molecule has 0 bridgehead atoms. The number of fused-ring (bicyclic) bond motifs is 1. The number of anilines is 1. The smallest absolute Gasteiger partial charge is 0.227 e. The van der Waals surface area contributed by atoms with E-state index in [0.717, 1.165) is 16.8 Å². The second-order valence-corrected chi connectivity index (χ2v) is 6.83. The molecule has 3 rings (SSSR count). The highest BCUT2D eigenvalue weighted by molar-refractivity contribution is 6.31. The van der Waals surface area contributed by atoms with E-state index in [0.29, 0.717) is 30.8 Å². The van der Waals surface area contributed by atoms with Crippen LogP contribution in [0.15, 0.2) is 48.5 Å². The van der Waals surface area contributed by atoms with Gasteiger partial charge in [-0.25, -0.2) is 0 Å². The van der Waals surface area contributed by atoms with Gasteiger partial charge in [-0.2, -0.15) is 0 Å². The first-order valence-corrected chi connectivity index (χ1v) is 8.78. The first kappa shape index (κ1) is 17.5. The van der Waals surface area contributed by atoms with Crippen molar-refractivity contribution in [2.45, 2.75) is 25.8 Å². The van der Waals surface area contributed by atoms with E-state index in [1.54, 1.807) is 11.9 Å². The molecule has 1 N–H and O–H groups in total. The van der Waals surface area contributed by atoms with Gasteiger partial charge in [-0.3, -0.25) is 9.59 Å². The summed E-state index contributed by atoms with van der Waals surface area (Å²) in [6.45, 7) is 0.470. The molecule has 1 atom stereocenters. The van der Waals surface area contributed by atoms with Gasteiger partial charge in [-0.15, -0.1) is 0 Å². The van der Waals surface area contributed by atoms with Gasteiger partial charge >= 0.3 is 0 Å². The summed E-state index contributed by atoms with van der Waals surface area (Å²) in [5, 5.41) is 3.59. The summed E-state index contributed by atoms with van der Waals surface area (Å²) in [5.41, 5.74) is 2.93. The van der Waals surface area contributed by atoms with Gasteiger partial charge in [-0.05, 0) is 36.1 Å². The van der Waals surface area contributed by atoms with Crippen molar-refractivity contribution in [1.29, 1.82) is 0 Å². The Labute approximate surface area is 152 Å². The Morgan fingerprint density at radius 3 is 2.72 bits per heavy atom. The lowest BCUT2D eigenvalue weighted by atomic mass is 9.89. The summed E-state index contributed by atoms with van der Waals surface area (Å²) in [5.74, 6) is -0.139. The number of carbonyl (C=O) groups excluding carboxylic acids is 2. The zero-order valence-corrected chi connectivity index (χ0v) is 14.9. The summed E-state index contributed by atoms with van der Waals surface area (Å²) in [7, 11) is 1.77. The fourth-order valence-corrected chi connectivity index (χ4v) is 3.30. The number of amides is 2. The number of nitrogens with one attached hydrogen (secondary N) is 1. The number of para-hydroxylation sites is 1. The van der Waals surface area contributed by atoms with Crippen LogP contribution in [0.1, 0.15) is 24.0 Å². The monoisotopic (exact) mass is 356 g/mol. The molecule has 130 valence electrons. The zero-order chi connectivity index (χ0) is 17.8. The quantitative estimate of drug-likeness (QED) is 0.883. The number of halogens is 1. The van der Waals surface area contributed by atoms with Crippen molar-refractivity contribution in [1.82, 2.24) is 4.90 Å². The molecule has 25 heavy (non-hydrogen) atoms. The third kappa shape index (κ3) is 4.20. The first-order valence-electron chi connectivity index (χ1n) is 8.40. The van der Waals surface area contributed by atoms with Crippen LogP contribution in [-0.2, 0) is 22.6 Å². The van der Waals surface area contributed by atoms with E-state index in [9.17, 15) is 9.59 Å². The number of benzene rings is 2. The van der Waals surface area contributed by atoms with E-state index < -0.39 is 0 Å². The van der Waals surface area contributed by atoms with Crippen LogP contribution in [0.4, 0.5) is 5.69 Å². The summed E-state index contributed by atoms with van der Waals surface area (Å²) in [6, 6.07) is 15.3. The molecule has 5 heteroatoms. The molecule has 2 aromatic rings. The van der Waals surface area contributed by atoms with Crippen LogP contribution in [0, 0.1) is 5.92 Å². The molecule has 1 heterocycles. The molecule has 0 aromatic heterocycles. The molecule has 2 amide bonds. The van der Waals surface area contributed by atoms with Gasteiger partial charge in [0.05, 0.1) is 0 Å². The fourth-order valence-electron chi connectivity index (χ4n) is 3.11. The van der Waals surface area contributed by atoms with E-state index >= 15 is 0 Å². The summed E-state index contributed by atoms with van der Waals surface area (Å²) in [6.07, 6.45) is 1.58. The van der Waals surface area contributed by atoms with Crippen molar-refractivity contribution in [2.24, 2.45) is 5.92 Å². The highest BCUT2D eigenvalue weighted by Gasteiger charge is 2.26. The minimum absolute atomic E-state index is 0.000238. The van der Waals surface area contributed by atoms with Gasteiger partial charge < -0.3 is 10.2 Å². The van der Waals surface area contributed by atoms with Gasteiger partial charge in [0.15, 0.2) is 0 Å². The molecule has 1 aliphatic rings. The lowest BCUT2D eigenvalue weighted by molar-refractivity contribution is -0.131. The molecule has 0 saturated carbocycles. The average molecular weight is 357 g/mol. The molecule has 0 aliphatic carbocycles. The largest absolute Gasteiger partial charge is 0.341 e. The second-order valence-electron chi connectivity index (χ2n) is 6.43. The van der Waals surface area contributed by atoms with Gasteiger partial charge in [0.2, 0.25) is 11.8 Å². The van der Waals surface area contributed by atoms with Crippen molar-refractivity contribution >= 4 is 29.1 Å². The summed E-state index contributed by atoms with van der Waals surface area (Å²) < 4.78 is 0. The Bertz CT molecular complexity index is 791.